The Morgan fingerprint density at radius 1 is 1.19 bits per heavy atom. The number of benzene rings is 2. The number of aromatic carboxylic acids is 1. The Morgan fingerprint density at radius 3 is 2.41 bits per heavy atom. The van der Waals surface area contributed by atoms with Crippen LogP contribution in [0.3, 0.4) is 0 Å². The van der Waals surface area contributed by atoms with Crippen LogP contribution in [-0.2, 0) is 14.8 Å². The lowest BCUT2D eigenvalue weighted by molar-refractivity contribution is -0.114. The lowest BCUT2D eigenvalue weighted by atomic mass is 10.1. The zero-order valence-electron chi connectivity index (χ0n) is 14.7. The number of aryl methyl sites for hydroxylation is 1. The monoisotopic (exact) mass is 412 g/mol. The molecule has 0 fully saturated rings. The van der Waals surface area contributed by atoms with Gasteiger partial charge >= 0.3 is 5.97 Å². The number of anilines is 2. The van der Waals surface area contributed by atoms with Gasteiger partial charge in [-0.2, -0.15) is 0 Å². The van der Waals surface area contributed by atoms with Crippen molar-refractivity contribution in [3.8, 4) is 5.75 Å². The predicted octanol–water partition coefficient (Wildman–Crippen LogP) is 3.11. The Labute approximate surface area is 161 Å². The molecule has 2 aromatic carbocycles. The molecule has 144 valence electrons. The van der Waals surface area contributed by atoms with Gasteiger partial charge in [-0.3, -0.25) is 9.52 Å². The number of hydrogen-bond donors (Lipinski definition) is 3. The highest BCUT2D eigenvalue weighted by Gasteiger charge is 2.23. The second-order valence-electron chi connectivity index (χ2n) is 5.61. The van der Waals surface area contributed by atoms with Crippen LogP contribution in [0.15, 0.2) is 35.2 Å². The van der Waals surface area contributed by atoms with Gasteiger partial charge in [-0.15, -0.1) is 0 Å². The minimum atomic E-state index is -4.24. The van der Waals surface area contributed by atoms with Gasteiger partial charge in [0, 0.05) is 12.6 Å². The molecule has 0 saturated carbocycles. The third-order valence-corrected chi connectivity index (χ3v) is 5.53. The maximum Gasteiger partial charge on any atom is 0.335 e. The van der Waals surface area contributed by atoms with Crippen molar-refractivity contribution in [2.45, 2.75) is 18.7 Å². The number of carboxylic acid groups (broad SMARTS) is 1. The van der Waals surface area contributed by atoms with Crippen molar-refractivity contribution in [1.82, 2.24) is 0 Å². The van der Waals surface area contributed by atoms with Crippen LogP contribution in [0.25, 0.3) is 0 Å². The number of sulfonamides is 1. The SMILES string of the molecule is COc1ccc(NC(C)=O)cc1NS(=O)(=O)c1cc(C(=O)O)cc(C)c1Cl. The number of carboxylic acids is 1. The van der Waals surface area contributed by atoms with Crippen LogP contribution in [0.4, 0.5) is 11.4 Å². The van der Waals surface area contributed by atoms with Crippen LogP contribution in [0.5, 0.6) is 5.75 Å². The molecular formula is C17H17ClN2O6S. The van der Waals surface area contributed by atoms with E-state index < -0.39 is 16.0 Å². The first-order valence-electron chi connectivity index (χ1n) is 7.57. The van der Waals surface area contributed by atoms with Crippen LogP contribution in [-0.4, -0.2) is 32.5 Å². The van der Waals surface area contributed by atoms with Crippen molar-refractivity contribution < 1.29 is 27.9 Å². The molecule has 3 N–H and O–H groups in total. The minimum Gasteiger partial charge on any atom is -0.495 e. The quantitative estimate of drug-likeness (QED) is 0.670. The zero-order valence-corrected chi connectivity index (χ0v) is 16.2. The summed E-state index contributed by atoms with van der Waals surface area (Å²) >= 11 is 6.09. The first-order valence-corrected chi connectivity index (χ1v) is 9.43. The first-order chi connectivity index (χ1) is 12.5. The van der Waals surface area contributed by atoms with E-state index in [0.29, 0.717) is 11.3 Å². The standard InChI is InChI=1S/C17H17ClN2O6S/c1-9-6-11(17(22)23)7-15(16(9)18)27(24,25)20-13-8-12(19-10(2)21)4-5-14(13)26-3/h4-8,20H,1-3H3,(H,19,21)(H,22,23). The van der Waals surface area contributed by atoms with Crippen LogP contribution >= 0.6 is 11.6 Å². The summed E-state index contributed by atoms with van der Waals surface area (Å²) in [5, 5.41) is 11.6. The fourth-order valence-electron chi connectivity index (χ4n) is 2.32. The number of carbonyl (C=O) groups excluding carboxylic acids is 1. The Kier molecular flexibility index (Phi) is 5.97. The molecule has 0 unspecified atom stereocenters. The topological polar surface area (TPSA) is 122 Å². The van der Waals surface area contributed by atoms with E-state index in [1.807, 2.05) is 0 Å². The maximum atomic E-state index is 12.8. The van der Waals surface area contributed by atoms with E-state index in [9.17, 15) is 18.0 Å². The van der Waals surface area contributed by atoms with E-state index in [0.717, 1.165) is 6.07 Å². The summed E-state index contributed by atoms with van der Waals surface area (Å²) in [7, 11) is -2.88. The van der Waals surface area contributed by atoms with E-state index in [1.165, 1.54) is 39.2 Å². The number of nitrogens with one attached hydrogen (secondary N) is 2. The third-order valence-electron chi connectivity index (χ3n) is 3.52. The first kappa shape index (κ1) is 20.5. The molecule has 0 aliphatic carbocycles. The average Bonchev–Trinajstić information content (AvgIpc) is 2.56. The summed E-state index contributed by atoms with van der Waals surface area (Å²) in [5.74, 6) is -1.41. The molecule has 0 heterocycles. The fourth-order valence-corrected chi connectivity index (χ4v) is 3.98. The fraction of sp³-hybridized carbons (Fsp3) is 0.176. The Bertz CT molecular complexity index is 1020. The number of methoxy groups -OCH3 is 1. The molecule has 0 aromatic heterocycles. The summed E-state index contributed by atoms with van der Waals surface area (Å²) in [6.07, 6.45) is 0. The van der Waals surface area contributed by atoms with Crippen LogP contribution in [0.1, 0.15) is 22.8 Å². The summed E-state index contributed by atoms with van der Waals surface area (Å²) in [6.45, 7) is 2.82. The van der Waals surface area contributed by atoms with Crippen LogP contribution in [0.2, 0.25) is 5.02 Å². The van der Waals surface area contributed by atoms with Gasteiger partial charge in [0.25, 0.3) is 10.0 Å². The molecule has 2 aromatic rings. The highest BCUT2D eigenvalue weighted by atomic mass is 35.5. The number of halogens is 1. The third kappa shape index (κ3) is 4.69. The molecular weight excluding hydrogens is 396 g/mol. The summed E-state index contributed by atoms with van der Waals surface area (Å²) < 4.78 is 33.1. The number of rotatable bonds is 6. The van der Waals surface area contributed by atoms with Crippen molar-refractivity contribution in [3.05, 3.63) is 46.5 Å². The van der Waals surface area contributed by atoms with Crippen molar-refractivity contribution in [2.24, 2.45) is 0 Å². The van der Waals surface area contributed by atoms with Crippen molar-refractivity contribution in [2.75, 3.05) is 17.1 Å². The summed E-state index contributed by atoms with van der Waals surface area (Å²) in [4.78, 5) is 22.1. The lowest BCUT2D eigenvalue weighted by Crippen LogP contribution is -2.16. The Balaban J connectivity index is 2.53. The second-order valence-corrected chi connectivity index (χ2v) is 7.64. The lowest BCUT2D eigenvalue weighted by Gasteiger charge is -2.15. The van der Waals surface area contributed by atoms with Crippen molar-refractivity contribution in [3.63, 3.8) is 0 Å². The largest absolute Gasteiger partial charge is 0.495 e. The van der Waals surface area contributed by atoms with E-state index in [1.54, 1.807) is 6.07 Å². The zero-order chi connectivity index (χ0) is 20.4. The van der Waals surface area contributed by atoms with Gasteiger partial charge in [0.1, 0.15) is 10.6 Å². The molecule has 27 heavy (non-hydrogen) atoms. The molecule has 0 spiro atoms. The van der Waals surface area contributed by atoms with Crippen LogP contribution < -0.4 is 14.8 Å². The van der Waals surface area contributed by atoms with E-state index in [4.69, 9.17) is 21.4 Å². The van der Waals surface area contributed by atoms with E-state index in [-0.39, 0.29) is 32.8 Å². The molecule has 2 rings (SSSR count). The highest BCUT2D eigenvalue weighted by Crippen LogP contribution is 2.33. The van der Waals surface area contributed by atoms with Gasteiger partial charge < -0.3 is 15.2 Å². The number of amides is 1. The van der Waals surface area contributed by atoms with Crippen molar-refractivity contribution in [1.29, 1.82) is 0 Å². The van der Waals surface area contributed by atoms with Crippen molar-refractivity contribution >= 4 is 44.9 Å². The molecule has 0 radical (unpaired) electrons. The van der Waals surface area contributed by atoms with Gasteiger partial charge in [-0.25, -0.2) is 13.2 Å². The predicted molar refractivity (Wildman–Crippen MR) is 101 cm³/mol. The number of ether oxygens (including phenoxy) is 1. The summed E-state index contributed by atoms with van der Waals surface area (Å²) in [6, 6.07) is 6.65. The van der Waals surface area contributed by atoms with Gasteiger partial charge in [0.15, 0.2) is 0 Å². The van der Waals surface area contributed by atoms with Crippen LogP contribution in [0, 0.1) is 6.92 Å². The second kappa shape index (κ2) is 7.85. The molecule has 0 atom stereocenters. The molecule has 0 aliphatic heterocycles. The smallest absolute Gasteiger partial charge is 0.335 e. The number of hydrogen-bond acceptors (Lipinski definition) is 5. The Morgan fingerprint density at radius 2 is 1.85 bits per heavy atom. The summed E-state index contributed by atoms with van der Waals surface area (Å²) in [5.41, 5.74) is 0.493. The minimum absolute atomic E-state index is 0.0539. The molecule has 0 bridgehead atoms. The molecule has 0 aliphatic rings. The molecule has 8 nitrogen and oxygen atoms in total. The average molecular weight is 413 g/mol. The van der Waals surface area contributed by atoms with Gasteiger partial charge in [0.2, 0.25) is 5.91 Å². The Hall–Kier alpha value is -2.78. The van der Waals surface area contributed by atoms with Gasteiger partial charge in [-0.1, -0.05) is 11.6 Å². The van der Waals surface area contributed by atoms with Gasteiger partial charge in [-0.05, 0) is 42.8 Å². The highest BCUT2D eigenvalue weighted by molar-refractivity contribution is 7.92. The van der Waals surface area contributed by atoms with E-state index >= 15 is 0 Å². The normalized spacial score (nSPS) is 11.0. The van der Waals surface area contributed by atoms with E-state index in [2.05, 4.69) is 10.0 Å². The molecule has 10 heteroatoms. The molecule has 1 amide bonds. The van der Waals surface area contributed by atoms with Gasteiger partial charge in [0.05, 0.1) is 23.4 Å². The molecule has 0 saturated heterocycles. The maximum absolute atomic E-state index is 12.8. The number of carbonyl (C=O) groups is 2.